The summed E-state index contributed by atoms with van der Waals surface area (Å²) in [5.41, 5.74) is 1.62. The molecule has 18 heteroatoms. The van der Waals surface area contributed by atoms with E-state index in [9.17, 15) is 32.8 Å². The van der Waals surface area contributed by atoms with Crippen molar-refractivity contribution in [2.45, 2.75) is 114 Å². The van der Waals surface area contributed by atoms with Gasteiger partial charge in [0.05, 0.1) is 66.4 Å². The number of alkyl halides is 2. The Morgan fingerprint density at radius 3 is 2.59 bits per heavy atom. The zero-order valence-corrected chi connectivity index (χ0v) is 35.9. The Morgan fingerprint density at radius 2 is 1.84 bits per heavy atom. The topological polar surface area (TPSA) is 174 Å². The maximum Gasteiger partial charge on any atom is 0.284 e. The molecule has 0 spiro atoms. The number of halogens is 2. The third-order valence-corrected chi connectivity index (χ3v) is 14.3. The molecule has 6 heterocycles. The van der Waals surface area contributed by atoms with Gasteiger partial charge >= 0.3 is 0 Å². The highest BCUT2D eigenvalue weighted by Crippen LogP contribution is 2.39. The van der Waals surface area contributed by atoms with E-state index < -0.39 is 35.9 Å². The Kier molecular flexibility index (Phi) is 11.6. The third-order valence-electron chi connectivity index (χ3n) is 14.3. The summed E-state index contributed by atoms with van der Waals surface area (Å²) in [5, 5.41) is 11.2. The predicted molar refractivity (Wildman–Crippen MR) is 227 cm³/mol. The molecule has 3 aliphatic carbocycles. The van der Waals surface area contributed by atoms with Crippen molar-refractivity contribution >= 4 is 46.4 Å². The van der Waals surface area contributed by atoms with Crippen LogP contribution in [0.1, 0.15) is 125 Å². The molecule has 0 radical (unpaired) electrons. The minimum atomic E-state index is -2.86. The number of aromatic nitrogens is 5. The lowest BCUT2D eigenvalue weighted by atomic mass is 9.77. The number of carbonyl (C=O) groups excluding carboxylic acids is 5. The average Bonchev–Trinajstić information content (AvgIpc) is 4.12. The minimum Gasteiger partial charge on any atom is -0.378 e. The normalized spacial score (nSPS) is 26.8. The van der Waals surface area contributed by atoms with Crippen LogP contribution < -0.4 is 10.2 Å². The number of fused-ring (bicyclic) bond motifs is 4. The molecule has 2 bridgehead atoms. The number of amides is 3. The maximum absolute atomic E-state index is 14.3. The lowest BCUT2D eigenvalue weighted by Gasteiger charge is -2.36. The summed E-state index contributed by atoms with van der Waals surface area (Å²) in [6, 6.07) is 6.50. The summed E-state index contributed by atoms with van der Waals surface area (Å²) in [4.78, 5) is 74.9. The van der Waals surface area contributed by atoms with Gasteiger partial charge < -0.3 is 24.6 Å². The van der Waals surface area contributed by atoms with Crippen LogP contribution in [0.2, 0.25) is 0 Å². The highest BCUT2D eigenvalue weighted by atomic mass is 19.3. The highest BCUT2D eigenvalue weighted by molar-refractivity contribution is 6.24. The number of ether oxygens (including phenoxy) is 2. The molecular formula is C46H53F2N9O7. The zero-order chi connectivity index (χ0) is 44.2. The van der Waals surface area contributed by atoms with E-state index in [2.05, 4.69) is 32.4 Å². The molecule has 10 rings (SSSR count). The largest absolute Gasteiger partial charge is 0.378 e. The van der Waals surface area contributed by atoms with E-state index in [1.54, 1.807) is 23.0 Å². The summed E-state index contributed by atoms with van der Waals surface area (Å²) < 4.78 is 43.6. The molecule has 16 nitrogen and oxygen atoms in total. The molecule has 6 aliphatic rings. The lowest BCUT2D eigenvalue weighted by molar-refractivity contribution is -0.132. The molecule has 1 N–H and O–H groups in total. The van der Waals surface area contributed by atoms with Gasteiger partial charge in [-0.1, -0.05) is 12.1 Å². The van der Waals surface area contributed by atoms with Crippen LogP contribution in [0.25, 0.3) is 5.65 Å². The van der Waals surface area contributed by atoms with Crippen molar-refractivity contribution in [1.82, 2.24) is 34.2 Å². The van der Waals surface area contributed by atoms with Crippen molar-refractivity contribution in [2.75, 3.05) is 50.1 Å². The Bertz CT molecular complexity index is 2480. The van der Waals surface area contributed by atoms with Crippen molar-refractivity contribution < 1.29 is 42.2 Å². The molecule has 3 aromatic heterocycles. The standard InChI is InChI=1S/C46H53F2N9O7/c1-53(13-3-15-63-32-17-27(18-32)16-28-4-2-5-34-40(28)46(62)57(45(34)61)37-11-10-31(58)20-38(37)59)22-26-6-8-29(9-7-26)56-24-36(41(52-56)42(47)48)50-44(60)35-21-49-55-14-12-39(51-43(35)55)54-23-33-19-30(54)25-64-33/h2,4-5,12,14,21,24,26-27,29-30,32-33,37,42H,3,6-11,13,15-20,22-23,25H2,1H3,(H,50,60)/t26?,27?,29?,30-,32?,33-,37?/m1/s1. The maximum atomic E-state index is 14.3. The molecule has 1 unspecified atom stereocenters. The summed E-state index contributed by atoms with van der Waals surface area (Å²) in [6.07, 6.45) is 9.98. The number of nitrogens with zero attached hydrogens (tertiary/aromatic N) is 8. The Labute approximate surface area is 368 Å². The van der Waals surface area contributed by atoms with Gasteiger partial charge in [-0.05, 0) is 101 Å². The third kappa shape index (κ3) is 8.23. The number of carbonyl (C=O) groups is 5. The van der Waals surface area contributed by atoms with Gasteiger partial charge in [0.25, 0.3) is 24.1 Å². The number of rotatable bonds is 15. The fourth-order valence-corrected chi connectivity index (χ4v) is 10.9. The molecule has 3 saturated carbocycles. The first-order chi connectivity index (χ1) is 31.0. The van der Waals surface area contributed by atoms with Crippen molar-refractivity contribution in [3.8, 4) is 0 Å². The van der Waals surface area contributed by atoms with Crippen LogP contribution in [0, 0.1) is 11.8 Å². The van der Waals surface area contributed by atoms with E-state index >= 15 is 0 Å². The van der Waals surface area contributed by atoms with Gasteiger partial charge in [-0.15, -0.1) is 0 Å². The summed E-state index contributed by atoms with van der Waals surface area (Å²) in [6.45, 7) is 3.83. The molecule has 5 fully saturated rings. The highest BCUT2D eigenvalue weighted by Gasteiger charge is 2.46. The van der Waals surface area contributed by atoms with Crippen molar-refractivity contribution in [1.29, 1.82) is 0 Å². The second kappa shape index (κ2) is 17.5. The molecule has 3 aliphatic heterocycles. The Hall–Kier alpha value is -5.46. The van der Waals surface area contributed by atoms with E-state index in [0.717, 1.165) is 87.3 Å². The van der Waals surface area contributed by atoms with Crippen LogP contribution in [-0.2, 0) is 25.5 Å². The van der Waals surface area contributed by atoms with E-state index in [-0.39, 0.29) is 66.4 Å². The summed E-state index contributed by atoms with van der Waals surface area (Å²) in [5.74, 6) is -0.449. The van der Waals surface area contributed by atoms with Crippen LogP contribution in [0.15, 0.2) is 42.9 Å². The number of hydrogen-bond donors (Lipinski definition) is 1. The van der Waals surface area contributed by atoms with Gasteiger partial charge in [0.2, 0.25) is 0 Å². The second-order valence-corrected chi connectivity index (χ2v) is 18.7. The summed E-state index contributed by atoms with van der Waals surface area (Å²) >= 11 is 0. The van der Waals surface area contributed by atoms with E-state index in [1.165, 1.54) is 16.9 Å². The molecule has 2 saturated heterocycles. The van der Waals surface area contributed by atoms with E-state index in [0.29, 0.717) is 48.2 Å². The number of ketones is 2. The molecule has 1 aromatic carbocycles. The predicted octanol–water partition coefficient (Wildman–Crippen LogP) is 5.47. The Morgan fingerprint density at radius 1 is 1.02 bits per heavy atom. The molecule has 338 valence electrons. The number of Topliss-reactive ketones (excluding diaryl/α,β-unsaturated/α-hetero) is 2. The van der Waals surface area contributed by atoms with Gasteiger partial charge in [0.1, 0.15) is 17.2 Å². The SMILES string of the molecule is CN(CCCOC1CC(Cc2cccc3c2C(=O)N(C2CCC(=O)CC2=O)C3=O)C1)CC1CCC(n2cc(NC(=O)c3cnn4ccc(N5C[C@H]6C[C@@H]5CO6)nc34)c(C(F)F)n2)CC1. The summed E-state index contributed by atoms with van der Waals surface area (Å²) in [7, 11) is 2.11. The van der Waals surface area contributed by atoms with E-state index in [1.807, 2.05) is 12.1 Å². The van der Waals surface area contributed by atoms with Crippen LogP contribution in [-0.4, -0.2) is 128 Å². The van der Waals surface area contributed by atoms with Gasteiger partial charge in [0.15, 0.2) is 17.1 Å². The van der Waals surface area contributed by atoms with E-state index in [4.69, 9.17) is 14.5 Å². The van der Waals surface area contributed by atoms with Crippen molar-refractivity contribution in [2.24, 2.45) is 11.8 Å². The first-order valence-corrected chi connectivity index (χ1v) is 22.7. The smallest absolute Gasteiger partial charge is 0.284 e. The first kappa shape index (κ1) is 42.5. The molecule has 64 heavy (non-hydrogen) atoms. The molecule has 4 aromatic rings. The molecule has 3 atom stereocenters. The second-order valence-electron chi connectivity index (χ2n) is 18.7. The quantitative estimate of drug-likeness (QED) is 0.0908. The number of hydrogen-bond acceptors (Lipinski definition) is 12. The van der Waals surface area contributed by atoms with Crippen LogP contribution in [0.5, 0.6) is 0 Å². The van der Waals surface area contributed by atoms with Gasteiger partial charge in [-0.25, -0.2) is 18.3 Å². The number of anilines is 2. The van der Waals surface area contributed by atoms with Crippen LogP contribution in [0.4, 0.5) is 20.3 Å². The van der Waals surface area contributed by atoms with Crippen molar-refractivity contribution in [3.05, 3.63) is 70.8 Å². The monoisotopic (exact) mass is 881 g/mol. The number of morpholine rings is 1. The fourth-order valence-electron chi connectivity index (χ4n) is 10.9. The average molecular weight is 882 g/mol. The number of benzene rings is 1. The number of nitrogens with one attached hydrogen (secondary N) is 1. The van der Waals surface area contributed by atoms with Crippen molar-refractivity contribution in [3.63, 3.8) is 0 Å². The van der Waals surface area contributed by atoms with Crippen LogP contribution >= 0.6 is 0 Å². The van der Waals surface area contributed by atoms with Gasteiger partial charge in [-0.3, -0.25) is 33.6 Å². The minimum absolute atomic E-state index is 0.0125. The number of imide groups is 1. The first-order valence-electron chi connectivity index (χ1n) is 22.7. The zero-order valence-electron chi connectivity index (χ0n) is 35.9. The Balaban J connectivity index is 0.653. The van der Waals surface area contributed by atoms with Crippen LogP contribution in [0.3, 0.4) is 0 Å². The van der Waals surface area contributed by atoms with Gasteiger partial charge in [0, 0.05) is 45.1 Å². The molecular weight excluding hydrogens is 829 g/mol. The molecule has 3 amide bonds. The fraction of sp³-hybridized carbons (Fsp3) is 0.565. The lowest BCUT2D eigenvalue weighted by Crippen LogP contribution is -2.47. The van der Waals surface area contributed by atoms with Gasteiger partial charge in [-0.2, -0.15) is 10.2 Å².